The normalized spacial score (nSPS) is 24.3. The van der Waals surface area contributed by atoms with Crippen molar-refractivity contribution in [1.29, 1.82) is 0 Å². The Bertz CT molecular complexity index is 728. The van der Waals surface area contributed by atoms with Crippen molar-refractivity contribution >= 4 is 17.5 Å². The smallest absolute Gasteiger partial charge is 0.241 e. The second-order valence-electron chi connectivity index (χ2n) is 10.2. The molecule has 0 aliphatic carbocycles. The van der Waals surface area contributed by atoms with E-state index in [4.69, 9.17) is 0 Å². The van der Waals surface area contributed by atoms with Crippen molar-refractivity contribution < 1.29 is 9.59 Å². The molecule has 172 valence electrons. The van der Waals surface area contributed by atoms with Gasteiger partial charge in [-0.15, -0.1) is 0 Å². The van der Waals surface area contributed by atoms with Crippen molar-refractivity contribution in [2.45, 2.75) is 72.3 Å². The summed E-state index contributed by atoms with van der Waals surface area (Å²) in [5, 5.41) is 3.10. The van der Waals surface area contributed by atoms with Gasteiger partial charge in [-0.1, -0.05) is 46.8 Å². The van der Waals surface area contributed by atoms with Gasteiger partial charge in [0.1, 0.15) is 0 Å². The molecule has 0 saturated carbocycles. The van der Waals surface area contributed by atoms with Gasteiger partial charge in [-0.2, -0.15) is 0 Å². The van der Waals surface area contributed by atoms with E-state index in [2.05, 4.69) is 61.9 Å². The number of rotatable bonds is 6. The van der Waals surface area contributed by atoms with Gasteiger partial charge >= 0.3 is 0 Å². The van der Waals surface area contributed by atoms with Crippen LogP contribution in [0.5, 0.6) is 0 Å². The second-order valence-corrected chi connectivity index (χ2v) is 10.2. The predicted molar refractivity (Wildman–Crippen MR) is 127 cm³/mol. The molecule has 0 bridgehead atoms. The first kappa shape index (κ1) is 23.8. The zero-order valence-corrected chi connectivity index (χ0v) is 20.1. The summed E-state index contributed by atoms with van der Waals surface area (Å²) in [7, 11) is 0. The SMILES string of the molecule is CC[C@@H](C(=O)Nc1ccc(C(C)C)cc1)N1CCC(C(=O)N2C[C@H](C)C[C@H](C)C2)CC1. The van der Waals surface area contributed by atoms with Gasteiger partial charge in [-0.05, 0) is 74.2 Å². The van der Waals surface area contributed by atoms with Crippen LogP contribution in [0.25, 0.3) is 0 Å². The number of likely N-dealkylation sites (tertiary alicyclic amines) is 2. The lowest BCUT2D eigenvalue weighted by molar-refractivity contribution is -0.140. The largest absolute Gasteiger partial charge is 0.342 e. The molecule has 0 unspecified atom stereocenters. The fourth-order valence-corrected chi connectivity index (χ4v) is 5.35. The average Bonchev–Trinajstić information content (AvgIpc) is 2.74. The van der Waals surface area contributed by atoms with Crippen molar-refractivity contribution in [2.75, 3.05) is 31.5 Å². The third-order valence-electron chi connectivity index (χ3n) is 7.03. The van der Waals surface area contributed by atoms with Crippen molar-refractivity contribution in [3.05, 3.63) is 29.8 Å². The number of anilines is 1. The van der Waals surface area contributed by atoms with Crippen LogP contribution in [0, 0.1) is 17.8 Å². The Morgan fingerprint density at radius 2 is 1.61 bits per heavy atom. The molecule has 1 aromatic carbocycles. The number of carbonyl (C=O) groups excluding carboxylic acids is 2. The fourth-order valence-electron chi connectivity index (χ4n) is 5.35. The van der Waals surface area contributed by atoms with Crippen LogP contribution in [0.15, 0.2) is 24.3 Å². The molecule has 5 nitrogen and oxygen atoms in total. The Hall–Kier alpha value is -1.88. The summed E-state index contributed by atoms with van der Waals surface area (Å²) < 4.78 is 0. The molecule has 2 saturated heterocycles. The summed E-state index contributed by atoms with van der Waals surface area (Å²) in [6.07, 6.45) is 3.70. The standard InChI is InChI=1S/C26H41N3O2/c1-6-24(25(30)27-23-9-7-21(8-10-23)18(2)3)28-13-11-22(12-14-28)26(31)29-16-19(4)15-20(5)17-29/h7-10,18-20,22,24H,6,11-17H2,1-5H3,(H,27,30)/t19-,20+,24-/m0/s1. The minimum absolute atomic E-state index is 0.0586. The molecular formula is C26H41N3O2. The number of benzene rings is 1. The number of amides is 2. The zero-order chi connectivity index (χ0) is 22.5. The highest BCUT2D eigenvalue weighted by Gasteiger charge is 2.35. The van der Waals surface area contributed by atoms with Gasteiger partial charge in [0.2, 0.25) is 11.8 Å². The minimum atomic E-state index is -0.143. The van der Waals surface area contributed by atoms with Gasteiger partial charge < -0.3 is 10.2 Å². The zero-order valence-electron chi connectivity index (χ0n) is 20.1. The number of piperidine rings is 2. The van der Waals surface area contributed by atoms with Crippen LogP contribution in [0.3, 0.4) is 0 Å². The molecule has 2 fully saturated rings. The number of nitrogens with one attached hydrogen (secondary N) is 1. The van der Waals surface area contributed by atoms with Gasteiger partial charge in [0.05, 0.1) is 6.04 Å². The summed E-state index contributed by atoms with van der Waals surface area (Å²) in [6, 6.07) is 8.01. The lowest BCUT2D eigenvalue weighted by Crippen LogP contribution is -2.51. The molecule has 1 N–H and O–H groups in total. The van der Waals surface area contributed by atoms with Crippen LogP contribution in [0.4, 0.5) is 5.69 Å². The Labute approximate surface area is 188 Å². The summed E-state index contributed by atoms with van der Waals surface area (Å²) in [5.74, 6) is 2.17. The molecule has 0 radical (unpaired) electrons. The van der Waals surface area contributed by atoms with Gasteiger partial charge in [-0.3, -0.25) is 14.5 Å². The molecule has 2 aliphatic heterocycles. The predicted octanol–water partition coefficient (Wildman–Crippen LogP) is 4.74. The number of nitrogens with zero attached hydrogens (tertiary/aromatic N) is 2. The van der Waals surface area contributed by atoms with E-state index < -0.39 is 0 Å². The summed E-state index contributed by atoms with van der Waals surface area (Å²) in [5.41, 5.74) is 2.13. The Morgan fingerprint density at radius 3 is 2.13 bits per heavy atom. The number of hydrogen-bond acceptors (Lipinski definition) is 3. The molecule has 2 aliphatic rings. The minimum Gasteiger partial charge on any atom is -0.342 e. The first-order valence-electron chi connectivity index (χ1n) is 12.2. The Kier molecular flexibility index (Phi) is 8.15. The van der Waals surface area contributed by atoms with Crippen LogP contribution < -0.4 is 5.32 Å². The highest BCUT2D eigenvalue weighted by atomic mass is 16.2. The van der Waals surface area contributed by atoms with E-state index in [9.17, 15) is 9.59 Å². The van der Waals surface area contributed by atoms with E-state index >= 15 is 0 Å². The molecule has 2 heterocycles. The van der Waals surface area contributed by atoms with Gasteiger partial charge in [0.15, 0.2) is 0 Å². The molecule has 2 amide bonds. The van der Waals surface area contributed by atoms with E-state index in [1.54, 1.807) is 0 Å². The maximum atomic E-state index is 13.1. The van der Waals surface area contributed by atoms with Gasteiger partial charge in [0, 0.05) is 24.7 Å². The van der Waals surface area contributed by atoms with Gasteiger partial charge in [0.25, 0.3) is 0 Å². The molecular weight excluding hydrogens is 386 g/mol. The maximum Gasteiger partial charge on any atom is 0.241 e. The molecule has 31 heavy (non-hydrogen) atoms. The van der Waals surface area contributed by atoms with Crippen molar-refractivity contribution in [2.24, 2.45) is 17.8 Å². The summed E-state index contributed by atoms with van der Waals surface area (Å²) in [6.45, 7) is 14.3. The van der Waals surface area contributed by atoms with E-state index in [1.165, 1.54) is 12.0 Å². The van der Waals surface area contributed by atoms with E-state index in [0.29, 0.717) is 23.7 Å². The first-order chi connectivity index (χ1) is 14.8. The highest BCUT2D eigenvalue weighted by Crippen LogP contribution is 2.27. The molecule has 3 atom stereocenters. The molecule has 0 spiro atoms. The Balaban J connectivity index is 1.53. The number of carbonyl (C=O) groups is 2. The molecule has 0 aromatic heterocycles. The second kappa shape index (κ2) is 10.6. The Morgan fingerprint density at radius 1 is 1.03 bits per heavy atom. The van der Waals surface area contributed by atoms with Crippen LogP contribution in [-0.2, 0) is 9.59 Å². The van der Waals surface area contributed by atoms with Crippen LogP contribution in [-0.4, -0.2) is 53.8 Å². The number of hydrogen-bond donors (Lipinski definition) is 1. The van der Waals surface area contributed by atoms with Crippen LogP contribution in [0.2, 0.25) is 0 Å². The monoisotopic (exact) mass is 427 g/mol. The van der Waals surface area contributed by atoms with Gasteiger partial charge in [-0.25, -0.2) is 0 Å². The van der Waals surface area contributed by atoms with Crippen molar-refractivity contribution in [3.8, 4) is 0 Å². The third kappa shape index (κ3) is 6.09. The third-order valence-corrected chi connectivity index (χ3v) is 7.03. The van der Waals surface area contributed by atoms with E-state index in [-0.39, 0.29) is 17.9 Å². The van der Waals surface area contributed by atoms with Crippen LogP contribution in [0.1, 0.15) is 71.8 Å². The topological polar surface area (TPSA) is 52.7 Å². The summed E-state index contributed by atoms with van der Waals surface area (Å²) >= 11 is 0. The maximum absolute atomic E-state index is 13.1. The highest BCUT2D eigenvalue weighted by molar-refractivity contribution is 5.94. The molecule has 1 aromatic rings. The fraction of sp³-hybridized carbons (Fsp3) is 0.692. The molecule has 5 heteroatoms. The quantitative estimate of drug-likeness (QED) is 0.713. The van der Waals surface area contributed by atoms with Crippen molar-refractivity contribution in [1.82, 2.24) is 9.80 Å². The molecule has 3 rings (SSSR count). The average molecular weight is 428 g/mol. The summed E-state index contributed by atoms with van der Waals surface area (Å²) in [4.78, 5) is 30.4. The lowest BCUT2D eigenvalue weighted by Gasteiger charge is -2.40. The van der Waals surface area contributed by atoms with E-state index in [0.717, 1.165) is 51.1 Å². The van der Waals surface area contributed by atoms with E-state index in [1.807, 2.05) is 12.1 Å². The van der Waals surface area contributed by atoms with Crippen LogP contribution >= 0.6 is 0 Å². The van der Waals surface area contributed by atoms with Crippen molar-refractivity contribution in [3.63, 3.8) is 0 Å². The lowest BCUT2D eigenvalue weighted by atomic mass is 9.88. The first-order valence-corrected chi connectivity index (χ1v) is 12.2.